The van der Waals surface area contributed by atoms with Gasteiger partial charge in [-0.25, -0.2) is 4.98 Å². The summed E-state index contributed by atoms with van der Waals surface area (Å²) >= 11 is 0. The zero-order valence-corrected chi connectivity index (χ0v) is 7.20. The molecule has 0 aromatic carbocycles. The average Bonchev–Trinajstić information content (AvgIpc) is 2.20. The quantitative estimate of drug-likeness (QED) is 0.598. The number of hydrogen-bond acceptors (Lipinski definition) is 1. The van der Waals surface area contributed by atoms with Crippen molar-refractivity contribution in [1.29, 1.82) is 0 Å². The van der Waals surface area contributed by atoms with Crippen molar-refractivity contribution in [1.82, 2.24) is 4.98 Å². The van der Waals surface area contributed by atoms with E-state index in [2.05, 4.69) is 23.2 Å². The fraction of sp³-hybridized carbons (Fsp3) is 0.182. The molecule has 0 N–H and O–H groups in total. The Morgan fingerprint density at radius 2 is 2.15 bits per heavy atom. The van der Waals surface area contributed by atoms with Crippen LogP contribution >= 0.6 is 0 Å². The van der Waals surface area contributed by atoms with Crippen LogP contribution in [-0.2, 0) is 0 Å². The molecule has 13 heavy (non-hydrogen) atoms. The van der Waals surface area contributed by atoms with Gasteiger partial charge in [0.1, 0.15) is 0 Å². The number of allylic oxidation sites excluding steroid dienone is 4. The monoisotopic (exact) mass is 175 g/mol. The summed E-state index contributed by atoms with van der Waals surface area (Å²) in [6.45, 7) is 0. The second-order valence-electron chi connectivity index (χ2n) is 3.01. The molecule has 0 atom stereocenters. The van der Waals surface area contributed by atoms with Crippen LogP contribution in [0.3, 0.4) is 0 Å². The van der Waals surface area contributed by atoms with Crippen LogP contribution in [0.25, 0.3) is 5.57 Å². The summed E-state index contributed by atoms with van der Waals surface area (Å²) in [5, 5.41) is 0. The third-order valence-corrected chi connectivity index (χ3v) is 2.06. The highest BCUT2D eigenvalue weighted by atomic mass is 19.1. The summed E-state index contributed by atoms with van der Waals surface area (Å²) in [7, 11) is 0. The number of halogens is 1. The van der Waals surface area contributed by atoms with Crippen molar-refractivity contribution in [3.63, 3.8) is 0 Å². The Labute approximate surface area is 76.6 Å². The molecule has 1 aliphatic carbocycles. The second kappa shape index (κ2) is 3.52. The minimum Gasteiger partial charge on any atom is -0.228 e. The Kier molecular flexibility index (Phi) is 2.21. The third-order valence-electron chi connectivity index (χ3n) is 2.06. The van der Waals surface area contributed by atoms with Gasteiger partial charge in [0.25, 0.3) is 0 Å². The lowest BCUT2D eigenvalue weighted by molar-refractivity contribution is 0.583. The first-order chi connectivity index (χ1) is 6.36. The van der Waals surface area contributed by atoms with Crippen molar-refractivity contribution in [3.8, 4) is 0 Å². The summed E-state index contributed by atoms with van der Waals surface area (Å²) < 4.78 is 12.5. The number of aromatic nitrogens is 1. The Balaban J connectivity index is 2.30. The average molecular weight is 175 g/mol. The van der Waals surface area contributed by atoms with Gasteiger partial charge in [0.05, 0.1) is 0 Å². The first-order valence-corrected chi connectivity index (χ1v) is 4.35. The number of hydrogen-bond donors (Lipinski definition) is 0. The topological polar surface area (TPSA) is 12.9 Å². The summed E-state index contributed by atoms with van der Waals surface area (Å²) in [5.74, 6) is -0.427. The molecule has 0 saturated carbocycles. The highest BCUT2D eigenvalue weighted by Gasteiger charge is 2.01. The van der Waals surface area contributed by atoms with Gasteiger partial charge < -0.3 is 0 Å². The smallest absolute Gasteiger partial charge is 0.212 e. The first-order valence-electron chi connectivity index (χ1n) is 4.35. The standard InChI is InChI=1S/C11H10FN/c12-11-7-6-10(8-13-11)9-4-2-1-3-5-9/h2,4-8H,1,3H2. The molecule has 1 aliphatic rings. The van der Waals surface area contributed by atoms with Gasteiger partial charge in [0.15, 0.2) is 0 Å². The minimum atomic E-state index is -0.427. The highest BCUT2D eigenvalue weighted by Crippen LogP contribution is 2.20. The van der Waals surface area contributed by atoms with Gasteiger partial charge in [0.2, 0.25) is 5.95 Å². The summed E-state index contributed by atoms with van der Waals surface area (Å²) in [5.41, 5.74) is 2.12. The van der Waals surface area contributed by atoms with E-state index in [9.17, 15) is 4.39 Å². The molecule has 66 valence electrons. The van der Waals surface area contributed by atoms with Crippen molar-refractivity contribution in [2.24, 2.45) is 0 Å². The number of nitrogens with zero attached hydrogens (tertiary/aromatic N) is 1. The van der Waals surface area contributed by atoms with E-state index < -0.39 is 5.95 Å². The number of pyridine rings is 1. The molecule has 0 saturated heterocycles. The maximum absolute atomic E-state index is 12.5. The Bertz CT molecular complexity index is 349. The molecule has 1 aromatic rings. The van der Waals surface area contributed by atoms with Gasteiger partial charge >= 0.3 is 0 Å². The fourth-order valence-corrected chi connectivity index (χ4v) is 1.37. The SMILES string of the molecule is Fc1ccc(C2=CCCC=C2)cn1. The molecule has 0 unspecified atom stereocenters. The summed E-state index contributed by atoms with van der Waals surface area (Å²) in [6, 6.07) is 3.14. The largest absolute Gasteiger partial charge is 0.228 e. The molecular weight excluding hydrogens is 165 g/mol. The third kappa shape index (κ3) is 1.83. The second-order valence-corrected chi connectivity index (χ2v) is 3.01. The molecule has 0 fully saturated rings. The maximum atomic E-state index is 12.5. The van der Waals surface area contributed by atoms with E-state index >= 15 is 0 Å². The van der Waals surface area contributed by atoms with Crippen LogP contribution in [0, 0.1) is 5.95 Å². The van der Waals surface area contributed by atoms with Crippen LogP contribution in [0.1, 0.15) is 18.4 Å². The van der Waals surface area contributed by atoms with Crippen molar-refractivity contribution >= 4 is 5.57 Å². The summed E-state index contributed by atoms with van der Waals surface area (Å²) in [4.78, 5) is 3.61. The number of rotatable bonds is 1. The van der Waals surface area contributed by atoms with Gasteiger partial charge in [0, 0.05) is 6.20 Å². The van der Waals surface area contributed by atoms with E-state index in [4.69, 9.17) is 0 Å². The predicted molar refractivity (Wildman–Crippen MR) is 50.5 cm³/mol. The van der Waals surface area contributed by atoms with Crippen LogP contribution in [0.4, 0.5) is 4.39 Å². The van der Waals surface area contributed by atoms with Crippen LogP contribution in [0.15, 0.2) is 36.6 Å². The predicted octanol–water partition coefficient (Wildman–Crippen LogP) is 2.95. The van der Waals surface area contributed by atoms with E-state index in [1.54, 1.807) is 12.3 Å². The molecule has 0 bridgehead atoms. The Morgan fingerprint density at radius 3 is 2.77 bits per heavy atom. The van der Waals surface area contributed by atoms with Gasteiger partial charge in [-0.3, -0.25) is 0 Å². The van der Waals surface area contributed by atoms with E-state index in [0.717, 1.165) is 24.0 Å². The lowest BCUT2D eigenvalue weighted by Gasteiger charge is -2.05. The van der Waals surface area contributed by atoms with Gasteiger partial charge in [-0.15, -0.1) is 0 Å². The maximum Gasteiger partial charge on any atom is 0.212 e. The highest BCUT2D eigenvalue weighted by molar-refractivity contribution is 5.74. The zero-order valence-electron chi connectivity index (χ0n) is 7.20. The fourth-order valence-electron chi connectivity index (χ4n) is 1.37. The van der Waals surface area contributed by atoms with E-state index in [1.165, 1.54) is 6.07 Å². The Hall–Kier alpha value is -1.44. The van der Waals surface area contributed by atoms with Crippen LogP contribution in [-0.4, -0.2) is 4.98 Å². The van der Waals surface area contributed by atoms with E-state index in [0.29, 0.717) is 0 Å². The molecule has 1 nitrogen and oxygen atoms in total. The molecule has 1 heterocycles. The molecule has 0 aliphatic heterocycles. The van der Waals surface area contributed by atoms with E-state index in [-0.39, 0.29) is 0 Å². The Morgan fingerprint density at radius 1 is 1.23 bits per heavy atom. The molecular formula is C11H10FN. The van der Waals surface area contributed by atoms with E-state index in [1.807, 2.05) is 0 Å². The van der Waals surface area contributed by atoms with Crippen molar-refractivity contribution < 1.29 is 4.39 Å². The van der Waals surface area contributed by atoms with Crippen molar-refractivity contribution in [3.05, 3.63) is 48.1 Å². The van der Waals surface area contributed by atoms with Crippen LogP contribution in [0.2, 0.25) is 0 Å². The molecule has 0 amide bonds. The molecule has 0 radical (unpaired) electrons. The lowest BCUT2D eigenvalue weighted by atomic mass is 10.0. The molecule has 1 aromatic heterocycles. The summed E-state index contributed by atoms with van der Waals surface area (Å²) in [6.07, 6.45) is 10.0. The minimum absolute atomic E-state index is 0.427. The zero-order chi connectivity index (χ0) is 9.10. The molecule has 0 spiro atoms. The normalized spacial score (nSPS) is 15.6. The molecule has 2 heteroatoms. The van der Waals surface area contributed by atoms with Crippen molar-refractivity contribution in [2.45, 2.75) is 12.8 Å². The van der Waals surface area contributed by atoms with Crippen molar-refractivity contribution in [2.75, 3.05) is 0 Å². The first kappa shape index (κ1) is 8.17. The molecule has 2 rings (SSSR count). The van der Waals surface area contributed by atoms with Gasteiger partial charge in [-0.05, 0) is 36.1 Å². The lowest BCUT2D eigenvalue weighted by Crippen LogP contribution is -1.88. The van der Waals surface area contributed by atoms with Crippen LogP contribution in [0.5, 0.6) is 0 Å². The van der Waals surface area contributed by atoms with Crippen LogP contribution < -0.4 is 0 Å². The van der Waals surface area contributed by atoms with Gasteiger partial charge in [-0.1, -0.05) is 18.2 Å². The van der Waals surface area contributed by atoms with Gasteiger partial charge in [-0.2, -0.15) is 4.39 Å².